The van der Waals surface area contributed by atoms with Gasteiger partial charge in [-0.05, 0) is 50.7 Å². The van der Waals surface area contributed by atoms with Crippen LogP contribution in [0.15, 0.2) is 36.5 Å². The van der Waals surface area contributed by atoms with E-state index in [-0.39, 0.29) is 57.7 Å². The van der Waals surface area contributed by atoms with Crippen LogP contribution >= 0.6 is 0 Å². The highest BCUT2D eigenvalue weighted by molar-refractivity contribution is 7.86. The topological polar surface area (TPSA) is 124 Å². The Kier molecular flexibility index (Phi) is 9.63. The quantitative estimate of drug-likeness (QED) is 0.167. The van der Waals surface area contributed by atoms with Gasteiger partial charge in [0.15, 0.2) is 23.3 Å². The van der Waals surface area contributed by atoms with Crippen LogP contribution in [0.1, 0.15) is 50.7 Å². The Labute approximate surface area is 263 Å². The number of piperazine rings is 1. The average molecular weight is 670 g/mol. The number of amides is 2. The van der Waals surface area contributed by atoms with Crippen molar-refractivity contribution in [2.45, 2.75) is 57.8 Å². The summed E-state index contributed by atoms with van der Waals surface area (Å²) in [6.07, 6.45) is 0.880. The van der Waals surface area contributed by atoms with E-state index >= 15 is 0 Å². The van der Waals surface area contributed by atoms with E-state index in [1.165, 1.54) is 15.4 Å². The predicted octanol–water partition coefficient (Wildman–Crippen LogP) is 4.32. The van der Waals surface area contributed by atoms with Crippen LogP contribution in [0.5, 0.6) is 0 Å². The molecule has 3 heterocycles. The molecular formula is C30H35F4N5O6S. The van der Waals surface area contributed by atoms with E-state index in [0.29, 0.717) is 0 Å². The van der Waals surface area contributed by atoms with Gasteiger partial charge in [0.05, 0.1) is 12.1 Å². The first-order valence-electron chi connectivity index (χ1n) is 14.7. The zero-order valence-corrected chi connectivity index (χ0v) is 26.3. The molecule has 2 N–H and O–H groups in total. The molecule has 0 bridgehead atoms. The zero-order valence-electron chi connectivity index (χ0n) is 25.5. The number of carbonyl (C=O) groups is 2. The standard InChI is InChI=1S/C30H35F4N5O6S/c1-30(2,3)45-29(41)37-13-14-39(21(16-37)28(40)36-44-17-18-7-5-4-6-8-18)46(42,43)38-11-9-19(10-12-38)20-15-35-27-22(20)23(31)24(32)25(33)26(27)34/h4-8,15,19,21,35H,9-14,16-17H2,1-3H3,(H,36,40). The molecule has 0 aliphatic carbocycles. The number of halogens is 4. The van der Waals surface area contributed by atoms with E-state index in [0.717, 1.165) is 9.87 Å². The maximum Gasteiger partial charge on any atom is 0.410 e. The number of fused-ring (bicyclic) bond motifs is 1. The van der Waals surface area contributed by atoms with Crippen molar-refractivity contribution in [3.05, 3.63) is 70.9 Å². The number of aromatic amines is 1. The van der Waals surface area contributed by atoms with Crippen LogP contribution < -0.4 is 5.48 Å². The third-order valence-corrected chi connectivity index (χ3v) is 10.0. The summed E-state index contributed by atoms with van der Waals surface area (Å²) in [5, 5.41) is -0.414. The van der Waals surface area contributed by atoms with E-state index in [1.54, 1.807) is 45.0 Å². The predicted molar refractivity (Wildman–Crippen MR) is 158 cm³/mol. The van der Waals surface area contributed by atoms with Crippen LogP contribution in [-0.4, -0.2) is 83.3 Å². The van der Waals surface area contributed by atoms with E-state index in [4.69, 9.17) is 9.57 Å². The van der Waals surface area contributed by atoms with Crippen molar-refractivity contribution in [3.8, 4) is 0 Å². The average Bonchev–Trinajstić information content (AvgIpc) is 3.48. The molecule has 5 rings (SSSR count). The van der Waals surface area contributed by atoms with Crippen molar-refractivity contribution >= 4 is 33.1 Å². The van der Waals surface area contributed by atoms with Crippen LogP contribution in [0, 0.1) is 23.3 Å². The number of rotatable bonds is 7. The lowest BCUT2D eigenvalue weighted by molar-refractivity contribution is -0.140. The summed E-state index contributed by atoms with van der Waals surface area (Å²) in [6.45, 7) is 4.42. The van der Waals surface area contributed by atoms with Gasteiger partial charge in [0, 0.05) is 44.3 Å². The number of hydrogen-bond acceptors (Lipinski definition) is 6. The Morgan fingerprint density at radius 1 is 0.957 bits per heavy atom. The summed E-state index contributed by atoms with van der Waals surface area (Å²) in [7, 11) is -4.28. The van der Waals surface area contributed by atoms with Crippen LogP contribution in [0.2, 0.25) is 0 Å². The summed E-state index contributed by atoms with van der Waals surface area (Å²) in [6, 6.07) is 7.62. The SMILES string of the molecule is CC(C)(C)OC(=O)N1CCN(S(=O)(=O)N2CCC(c3c[nH]c4c(F)c(F)c(F)c(F)c34)CC2)C(C(=O)NOCc2ccccc2)C1. The lowest BCUT2D eigenvalue weighted by Crippen LogP contribution is -2.64. The molecule has 0 saturated carbocycles. The minimum Gasteiger partial charge on any atom is -0.444 e. The van der Waals surface area contributed by atoms with Crippen molar-refractivity contribution in [1.29, 1.82) is 0 Å². The molecule has 2 amide bonds. The highest BCUT2D eigenvalue weighted by atomic mass is 32.2. The summed E-state index contributed by atoms with van der Waals surface area (Å²) >= 11 is 0. The second-order valence-electron chi connectivity index (χ2n) is 12.2. The van der Waals surface area contributed by atoms with Crippen molar-refractivity contribution in [2.24, 2.45) is 0 Å². The molecule has 250 valence electrons. The lowest BCUT2D eigenvalue weighted by Gasteiger charge is -2.42. The molecule has 2 aliphatic rings. The highest BCUT2D eigenvalue weighted by Gasteiger charge is 2.45. The number of nitrogens with one attached hydrogen (secondary N) is 2. The highest BCUT2D eigenvalue weighted by Crippen LogP contribution is 2.38. The summed E-state index contributed by atoms with van der Waals surface area (Å²) < 4.78 is 92.2. The maximum absolute atomic E-state index is 14.7. The summed E-state index contributed by atoms with van der Waals surface area (Å²) in [5.41, 5.74) is 1.95. The van der Waals surface area contributed by atoms with E-state index in [9.17, 15) is 35.6 Å². The monoisotopic (exact) mass is 669 g/mol. The zero-order chi connectivity index (χ0) is 33.4. The smallest absolute Gasteiger partial charge is 0.410 e. The molecular weight excluding hydrogens is 634 g/mol. The Balaban J connectivity index is 1.32. The lowest BCUT2D eigenvalue weighted by atomic mass is 9.90. The number of ether oxygens (including phenoxy) is 1. The molecule has 46 heavy (non-hydrogen) atoms. The molecule has 1 aromatic heterocycles. The fourth-order valence-electron chi connectivity index (χ4n) is 5.71. The third kappa shape index (κ3) is 6.84. The van der Waals surface area contributed by atoms with Crippen LogP contribution in [0.3, 0.4) is 0 Å². The molecule has 1 atom stereocenters. The molecule has 0 spiro atoms. The first kappa shape index (κ1) is 33.6. The second-order valence-corrected chi connectivity index (χ2v) is 14.1. The first-order valence-corrected chi connectivity index (χ1v) is 16.1. The number of hydroxylamine groups is 1. The maximum atomic E-state index is 14.7. The van der Waals surface area contributed by atoms with Crippen molar-refractivity contribution in [1.82, 2.24) is 24.0 Å². The molecule has 2 fully saturated rings. The third-order valence-electron chi connectivity index (χ3n) is 7.98. The molecule has 2 aromatic carbocycles. The number of aromatic nitrogens is 1. The number of nitrogens with zero attached hydrogens (tertiary/aromatic N) is 3. The van der Waals surface area contributed by atoms with Gasteiger partial charge < -0.3 is 14.6 Å². The van der Waals surface area contributed by atoms with Gasteiger partial charge in [-0.2, -0.15) is 17.0 Å². The van der Waals surface area contributed by atoms with Gasteiger partial charge in [-0.1, -0.05) is 30.3 Å². The van der Waals surface area contributed by atoms with Gasteiger partial charge in [0.25, 0.3) is 16.1 Å². The van der Waals surface area contributed by atoms with Crippen LogP contribution in [0.4, 0.5) is 22.4 Å². The minimum atomic E-state index is -4.28. The van der Waals surface area contributed by atoms with Gasteiger partial charge in [-0.25, -0.2) is 27.8 Å². The van der Waals surface area contributed by atoms with E-state index < -0.39 is 73.9 Å². The fraction of sp³-hybridized carbons (Fsp3) is 0.467. The molecule has 16 heteroatoms. The molecule has 3 aromatic rings. The Morgan fingerprint density at radius 2 is 1.61 bits per heavy atom. The Bertz CT molecular complexity index is 1710. The van der Waals surface area contributed by atoms with E-state index in [1.807, 2.05) is 6.07 Å². The van der Waals surface area contributed by atoms with Crippen LogP contribution in [-0.2, 0) is 31.2 Å². The molecule has 2 saturated heterocycles. The van der Waals surface area contributed by atoms with Crippen molar-refractivity contribution in [3.63, 3.8) is 0 Å². The largest absolute Gasteiger partial charge is 0.444 e. The Hall–Kier alpha value is -3.73. The van der Waals surface area contributed by atoms with Gasteiger partial charge in [0.2, 0.25) is 0 Å². The van der Waals surface area contributed by atoms with Crippen molar-refractivity contribution < 1.29 is 45.1 Å². The molecule has 1 unspecified atom stereocenters. The number of hydrogen-bond donors (Lipinski definition) is 2. The van der Waals surface area contributed by atoms with Crippen LogP contribution in [0.25, 0.3) is 10.9 Å². The Morgan fingerprint density at radius 3 is 2.26 bits per heavy atom. The molecule has 0 radical (unpaired) electrons. The van der Waals surface area contributed by atoms with Gasteiger partial charge in [-0.3, -0.25) is 9.63 Å². The van der Waals surface area contributed by atoms with E-state index in [2.05, 4.69) is 10.5 Å². The summed E-state index contributed by atoms with van der Waals surface area (Å²) in [5.74, 6) is -8.18. The summed E-state index contributed by atoms with van der Waals surface area (Å²) in [4.78, 5) is 35.3. The van der Waals surface area contributed by atoms with Crippen molar-refractivity contribution in [2.75, 3.05) is 32.7 Å². The van der Waals surface area contributed by atoms with Gasteiger partial charge in [0.1, 0.15) is 11.6 Å². The normalized spacial score (nSPS) is 19.0. The second kappa shape index (κ2) is 13.2. The van der Waals surface area contributed by atoms with Gasteiger partial charge >= 0.3 is 6.09 Å². The molecule has 2 aliphatic heterocycles. The fourth-order valence-corrected chi connectivity index (χ4v) is 7.47. The molecule has 11 nitrogen and oxygen atoms in total. The van der Waals surface area contributed by atoms with Gasteiger partial charge in [-0.15, -0.1) is 0 Å². The first-order chi connectivity index (χ1) is 21.7. The minimum absolute atomic E-state index is 0.0181. The number of carbonyl (C=O) groups excluding carboxylic acids is 2. The number of H-pyrrole nitrogens is 1. The number of piperidine rings is 1. The number of benzene rings is 2.